The Morgan fingerprint density at radius 1 is 1.29 bits per heavy atom. The molecule has 0 radical (unpaired) electrons. The van der Waals surface area contributed by atoms with Gasteiger partial charge in [-0.2, -0.15) is 0 Å². The van der Waals surface area contributed by atoms with Gasteiger partial charge in [0.1, 0.15) is 0 Å². The van der Waals surface area contributed by atoms with Crippen LogP contribution in [0.2, 0.25) is 0 Å². The largest absolute Gasteiger partial charge is 0.481 e. The Balaban J connectivity index is 4.15. The smallest absolute Gasteiger partial charge is 0.303 e. The Bertz CT molecular complexity index is 169. The summed E-state index contributed by atoms with van der Waals surface area (Å²) in [4.78, 5) is 10.4. The molecule has 0 aliphatic heterocycles. The summed E-state index contributed by atoms with van der Waals surface area (Å²) in [5.41, 5.74) is 0.357. The van der Waals surface area contributed by atoms with Crippen molar-refractivity contribution in [3.05, 3.63) is 0 Å². The first kappa shape index (κ1) is 13.5. The molecule has 2 nitrogen and oxygen atoms in total. The zero-order valence-corrected chi connectivity index (χ0v) is 9.97. The number of hydrogen-bond donors (Lipinski definition) is 1. The summed E-state index contributed by atoms with van der Waals surface area (Å²) < 4.78 is 0. The number of aliphatic carboxylic acids is 1. The van der Waals surface area contributed by atoms with E-state index in [1.54, 1.807) is 0 Å². The minimum atomic E-state index is -0.671. The van der Waals surface area contributed by atoms with Crippen molar-refractivity contribution in [2.75, 3.05) is 0 Å². The zero-order valence-electron chi connectivity index (χ0n) is 9.97. The van der Waals surface area contributed by atoms with Gasteiger partial charge in [0.15, 0.2) is 0 Å². The second kappa shape index (κ2) is 6.05. The lowest BCUT2D eigenvalue weighted by Gasteiger charge is -2.36. The van der Waals surface area contributed by atoms with Crippen LogP contribution in [0.15, 0.2) is 0 Å². The summed E-state index contributed by atoms with van der Waals surface area (Å²) in [6.07, 6.45) is 4.48. The van der Waals surface area contributed by atoms with Crippen LogP contribution in [0.1, 0.15) is 59.8 Å². The number of carbonyl (C=O) groups is 1. The van der Waals surface area contributed by atoms with Crippen LogP contribution in [-0.2, 0) is 4.79 Å². The first-order chi connectivity index (χ1) is 6.48. The number of hydrogen-bond acceptors (Lipinski definition) is 1. The Labute approximate surface area is 87.7 Å². The third-order valence-electron chi connectivity index (χ3n) is 3.70. The molecule has 0 rings (SSSR count). The predicted molar refractivity (Wildman–Crippen MR) is 59.3 cm³/mol. The van der Waals surface area contributed by atoms with Crippen LogP contribution in [-0.4, -0.2) is 11.1 Å². The van der Waals surface area contributed by atoms with Crippen molar-refractivity contribution in [1.29, 1.82) is 0 Å². The maximum absolute atomic E-state index is 10.4. The third kappa shape index (κ3) is 3.69. The van der Waals surface area contributed by atoms with Gasteiger partial charge in [-0.15, -0.1) is 0 Å². The molecule has 0 atom stereocenters. The average molecular weight is 200 g/mol. The molecule has 84 valence electrons. The molecule has 14 heavy (non-hydrogen) atoms. The van der Waals surface area contributed by atoms with E-state index in [1.165, 1.54) is 0 Å². The summed E-state index contributed by atoms with van der Waals surface area (Å²) in [7, 11) is 0. The molecule has 0 spiro atoms. The first-order valence-electron chi connectivity index (χ1n) is 5.70. The number of carboxylic acid groups (broad SMARTS) is 1. The van der Waals surface area contributed by atoms with Crippen molar-refractivity contribution < 1.29 is 9.90 Å². The fourth-order valence-corrected chi connectivity index (χ4v) is 2.30. The van der Waals surface area contributed by atoms with E-state index < -0.39 is 5.97 Å². The van der Waals surface area contributed by atoms with Gasteiger partial charge in [-0.25, -0.2) is 0 Å². The molecule has 0 amide bonds. The standard InChI is InChI=1S/C12H24O2/c1-5-12(6-2,10(3)4)9-7-8-11(13)14/h10H,5-9H2,1-4H3,(H,13,14). The maximum atomic E-state index is 10.4. The topological polar surface area (TPSA) is 37.3 Å². The van der Waals surface area contributed by atoms with E-state index in [2.05, 4.69) is 27.7 Å². The molecule has 0 aromatic rings. The summed E-state index contributed by atoms with van der Waals surface area (Å²) in [6.45, 7) is 8.91. The number of rotatable bonds is 7. The highest BCUT2D eigenvalue weighted by Gasteiger charge is 2.29. The summed E-state index contributed by atoms with van der Waals surface area (Å²) in [5, 5.41) is 8.59. The van der Waals surface area contributed by atoms with Crippen molar-refractivity contribution in [1.82, 2.24) is 0 Å². The van der Waals surface area contributed by atoms with Crippen LogP contribution >= 0.6 is 0 Å². The molecule has 0 aliphatic rings. The van der Waals surface area contributed by atoms with Gasteiger partial charge >= 0.3 is 5.97 Å². The van der Waals surface area contributed by atoms with Crippen molar-refractivity contribution in [3.63, 3.8) is 0 Å². The molecule has 0 saturated heterocycles. The minimum absolute atomic E-state index is 0.314. The quantitative estimate of drug-likeness (QED) is 0.680. The number of carboxylic acids is 1. The van der Waals surface area contributed by atoms with Gasteiger partial charge < -0.3 is 5.11 Å². The van der Waals surface area contributed by atoms with Crippen LogP contribution in [0.25, 0.3) is 0 Å². The third-order valence-corrected chi connectivity index (χ3v) is 3.70. The highest BCUT2D eigenvalue weighted by molar-refractivity contribution is 5.66. The monoisotopic (exact) mass is 200 g/mol. The van der Waals surface area contributed by atoms with Gasteiger partial charge in [0, 0.05) is 6.42 Å². The minimum Gasteiger partial charge on any atom is -0.481 e. The molecule has 0 aromatic carbocycles. The zero-order chi connectivity index (χ0) is 11.2. The second-order valence-electron chi connectivity index (χ2n) is 4.47. The van der Waals surface area contributed by atoms with E-state index >= 15 is 0 Å². The van der Waals surface area contributed by atoms with E-state index in [9.17, 15) is 4.79 Å². The molecule has 0 fully saturated rings. The Hall–Kier alpha value is -0.530. The van der Waals surface area contributed by atoms with E-state index in [4.69, 9.17) is 5.11 Å². The second-order valence-corrected chi connectivity index (χ2v) is 4.47. The van der Waals surface area contributed by atoms with Crippen molar-refractivity contribution in [2.45, 2.75) is 59.8 Å². The molecule has 0 saturated carbocycles. The molecular weight excluding hydrogens is 176 g/mol. The average Bonchev–Trinajstić information content (AvgIpc) is 2.12. The molecule has 2 heteroatoms. The normalized spacial score (nSPS) is 12.1. The molecule has 1 N–H and O–H groups in total. The van der Waals surface area contributed by atoms with Crippen LogP contribution in [0.3, 0.4) is 0 Å². The molecule has 0 aromatic heterocycles. The lowest BCUT2D eigenvalue weighted by atomic mass is 9.69. The van der Waals surface area contributed by atoms with Crippen LogP contribution in [0.4, 0.5) is 0 Å². The molecule has 0 bridgehead atoms. The lowest BCUT2D eigenvalue weighted by molar-refractivity contribution is -0.137. The van der Waals surface area contributed by atoms with Crippen molar-refractivity contribution in [2.24, 2.45) is 11.3 Å². The summed E-state index contributed by atoms with van der Waals surface area (Å²) >= 11 is 0. The molecule has 0 aliphatic carbocycles. The fraction of sp³-hybridized carbons (Fsp3) is 0.917. The molecule has 0 heterocycles. The van der Waals surface area contributed by atoms with Gasteiger partial charge in [-0.05, 0) is 24.2 Å². The van der Waals surface area contributed by atoms with Gasteiger partial charge in [0.25, 0.3) is 0 Å². The Kier molecular flexibility index (Phi) is 5.82. The van der Waals surface area contributed by atoms with E-state index in [1.807, 2.05) is 0 Å². The van der Waals surface area contributed by atoms with Crippen molar-refractivity contribution >= 4 is 5.97 Å². The van der Waals surface area contributed by atoms with E-state index in [-0.39, 0.29) is 0 Å². The van der Waals surface area contributed by atoms with Gasteiger partial charge in [-0.3, -0.25) is 4.79 Å². The van der Waals surface area contributed by atoms with Crippen LogP contribution in [0, 0.1) is 11.3 Å². The Morgan fingerprint density at radius 3 is 2.07 bits per heavy atom. The SMILES string of the molecule is CCC(CC)(CCCC(=O)O)C(C)C. The fourth-order valence-electron chi connectivity index (χ4n) is 2.30. The van der Waals surface area contributed by atoms with Gasteiger partial charge in [0.2, 0.25) is 0 Å². The van der Waals surface area contributed by atoms with Crippen LogP contribution < -0.4 is 0 Å². The summed E-state index contributed by atoms with van der Waals surface area (Å²) in [6, 6.07) is 0. The lowest BCUT2D eigenvalue weighted by Crippen LogP contribution is -2.25. The molecular formula is C12H24O2. The van der Waals surface area contributed by atoms with Gasteiger partial charge in [0.05, 0.1) is 0 Å². The van der Waals surface area contributed by atoms with Crippen LogP contribution in [0.5, 0.6) is 0 Å². The first-order valence-corrected chi connectivity index (χ1v) is 5.70. The van der Waals surface area contributed by atoms with Gasteiger partial charge in [-0.1, -0.05) is 40.5 Å². The maximum Gasteiger partial charge on any atom is 0.303 e. The molecule has 0 unspecified atom stereocenters. The predicted octanol–water partition coefficient (Wildman–Crippen LogP) is 3.70. The van der Waals surface area contributed by atoms with E-state index in [0.717, 1.165) is 25.7 Å². The highest BCUT2D eigenvalue weighted by Crippen LogP contribution is 2.39. The Morgan fingerprint density at radius 2 is 1.79 bits per heavy atom. The summed E-state index contributed by atoms with van der Waals surface area (Å²) in [5.74, 6) is -0.0267. The highest BCUT2D eigenvalue weighted by atomic mass is 16.4. The van der Waals surface area contributed by atoms with E-state index in [0.29, 0.717) is 17.8 Å². The van der Waals surface area contributed by atoms with Crippen molar-refractivity contribution in [3.8, 4) is 0 Å².